The minimum Gasteiger partial charge on any atom is -0.465 e. The number of ketones is 1. The lowest BCUT2D eigenvalue weighted by Crippen LogP contribution is -2.21. The molecule has 8 nitrogen and oxygen atoms in total. The highest BCUT2D eigenvalue weighted by atomic mass is 35.5. The predicted molar refractivity (Wildman–Crippen MR) is 107 cm³/mol. The van der Waals surface area contributed by atoms with Gasteiger partial charge in [-0.3, -0.25) is 4.79 Å². The van der Waals surface area contributed by atoms with Crippen LogP contribution in [0.15, 0.2) is 28.9 Å². The SMILES string of the molecule is CCOC(=O)C(=O)C(=CN(C)C)c1onc(-c2c(Cl)cccc2Cl)c1C(=O)OC. The molecule has 0 saturated heterocycles. The van der Waals surface area contributed by atoms with Crippen molar-refractivity contribution < 1.29 is 28.4 Å². The van der Waals surface area contributed by atoms with Crippen LogP contribution in [0.1, 0.15) is 23.0 Å². The van der Waals surface area contributed by atoms with Gasteiger partial charge in [-0.25, -0.2) is 9.59 Å². The van der Waals surface area contributed by atoms with Crippen molar-refractivity contribution in [2.75, 3.05) is 27.8 Å². The number of esters is 2. The lowest BCUT2D eigenvalue weighted by molar-refractivity contribution is -0.151. The van der Waals surface area contributed by atoms with E-state index >= 15 is 0 Å². The second-order valence-electron chi connectivity index (χ2n) is 5.88. The first-order valence-electron chi connectivity index (χ1n) is 8.35. The van der Waals surface area contributed by atoms with Gasteiger partial charge >= 0.3 is 11.9 Å². The van der Waals surface area contributed by atoms with E-state index in [4.69, 9.17) is 37.2 Å². The fourth-order valence-electron chi connectivity index (χ4n) is 2.45. The van der Waals surface area contributed by atoms with Crippen LogP contribution < -0.4 is 0 Å². The molecule has 10 heteroatoms. The number of halogens is 2. The third-order valence-electron chi connectivity index (χ3n) is 3.62. The number of nitrogens with zero attached hydrogens (tertiary/aromatic N) is 2. The molecule has 1 aromatic carbocycles. The first-order valence-corrected chi connectivity index (χ1v) is 9.10. The number of aromatic nitrogens is 1. The van der Waals surface area contributed by atoms with Crippen molar-refractivity contribution >= 4 is 46.5 Å². The van der Waals surface area contributed by atoms with E-state index in [0.717, 1.165) is 7.11 Å². The largest absolute Gasteiger partial charge is 0.465 e. The summed E-state index contributed by atoms with van der Waals surface area (Å²) in [5.74, 6) is -3.24. The summed E-state index contributed by atoms with van der Waals surface area (Å²) in [5, 5.41) is 4.30. The Bertz CT molecular complexity index is 961. The zero-order valence-corrected chi connectivity index (χ0v) is 17.6. The molecule has 0 fully saturated rings. The molecule has 0 amide bonds. The van der Waals surface area contributed by atoms with Crippen LogP contribution in [0.25, 0.3) is 16.8 Å². The third-order valence-corrected chi connectivity index (χ3v) is 4.25. The number of carbonyl (C=O) groups excluding carboxylic acids is 3. The molecule has 0 aliphatic carbocycles. The summed E-state index contributed by atoms with van der Waals surface area (Å²) in [6.45, 7) is 1.56. The van der Waals surface area contributed by atoms with Crippen molar-refractivity contribution in [3.05, 3.63) is 45.8 Å². The second kappa shape index (κ2) is 9.58. The molecule has 2 aromatic rings. The zero-order valence-electron chi connectivity index (χ0n) is 16.1. The summed E-state index contributed by atoms with van der Waals surface area (Å²) in [6, 6.07) is 4.73. The third kappa shape index (κ3) is 4.78. The average molecular weight is 441 g/mol. The number of hydrogen-bond donors (Lipinski definition) is 0. The number of methoxy groups -OCH3 is 1. The summed E-state index contributed by atoms with van der Waals surface area (Å²) < 4.78 is 14.9. The van der Waals surface area contributed by atoms with E-state index < -0.39 is 17.7 Å². The average Bonchev–Trinajstić information content (AvgIpc) is 3.09. The van der Waals surface area contributed by atoms with Crippen molar-refractivity contribution in [1.82, 2.24) is 10.1 Å². The number of hydrogen-bond acceptors (Lipinski definition) is 8. The van der Waals surface area contributed by atoms with Crippen LogP contribution in [-0.4, -0.2) is 55.6 Å². The number of Topliss-reactive ketones (excluding diaryl/α,β-unsaturated/α-hetero) is 1. The predicted octanol–water partition coefficient (Wildman–Crippen LogP) is 3.47. The van der Waals surface area contributed by atoms with Gasteiger partial charge in [0.1, 0.15) is 11.3 Å². The molecule has 154 valence electrons. The topological polar surface area (TPSA) is 98.9 Å². The van der Waals surface area contributed by atoms with E-state index in [1.807, 2.05) is 0 Å². The van der Waals surface area contributed by atoms with Crippen molar-refractivity contribution in [2.45, 2.75) is 6.92 Å². The maximum absolute atomic E-state index is 12.7. The number of ether oxygens (including phenoxy) is 2. The van der Waals surface area contributed by atoms with Crippen molar-refractivity contribution in [3.63, 3.8) is 0 Å². The Morgan fingerprint density at radius 3 is 2.34 bits per heavy atom. The molecule has 1 aromatic heterocycles. The number of benzene rings is 1. The molecule has 0 N–H and O–H groups in total. The first-order chi connectivity index (χ1) is 13.7. The van der Waals surface area contributed by atoms with Crippen molar-refractivity contribution in [2.24, 2.45) is 0 Å². The smallest absolute Gasteiger partial charge is 0.379 e. The molecule has 0 unspecified atom stereocenters. The van der Waals surface area contributed by atoms with Gasteiger partial charge in [-0.05, 0) is 19.1 Å². The van der Waals surface area contributed by atoms with E-state index in [1.54, 1.807) is 39.2 Å². The molecule has 0 aliphatic heterocycles. The van der Waals surface area contributed by atoms with Crippen LogP contribution in [-0.2, 0) is 19.1 Å². The molecule has 0 aliphatic rings. The van der Waals surface area contributed by atoms with Gasteiger partial charge in [-0.15, -0.1) is 0 Å². The Morgan fingerprint density at radius 1 is 1.21 bits per heavy atom. The molecular weight excluding hydrogens is 423 g/mol. The van der Waals surface area contributed by atoms with Gasteiger partial charge in [0.05, 0.1) is 29.3 Å². The van der Waals surface area contributed by atoms with Gasteiger partial charge < -0.3 is 18.9 Å². The van der Waals surface area contributed by atoms with E-state index in [1.165, 1.54) is 11.1 Å². The molecule has 0 saturated carbocycles. The lowest BCUT2D eigenvalue weighted by Gasteiger charge is -2.10. The number of rotatable bonds is 7. The molecule has 29 heavy (non-hydrogen) atoms. The normalized spacial score (nSPS) is 11.2. The highest BCUT2D eigenvalue weighted by Crippen LogP contribution is 2.38. The van der Waals surface area contributed by atoms with Gasteiger partial charge in [-0.1, -0.05) is 34.4 Å². The molecule has 1 heterocycles. The minimum atomic E-state index is -1.11. The Labute approximate surface area is 176 Å². The van der Waals surface area contributed by atoms with E-state index in [-0.39, 0.29) is 44.8 Å². The lowest BCUT2D eigenvalue weighted by atomic mass is 10.0. The number of carbonyl (C=O) groups is 3. The summed E-state index contributed by atoms with van der Waals surface area (Å²) in [7, 11) is 4.40. The van der Waals surface area contributed by atoms with Crippen LogP contribution >= 0.6 is 23.2 Å². The van der Waals surface area contributed by atoms with E-state index in [0.29, 0.717) is 0 Å². The highest BCUT2D eigenvalue weighted by molar-refractivity contribution is 6.52. The van der Waals surface area contributed by atoms with Crippen LogP contribution in [0.4, 0.5) is 0 Å². The second-order valence-corrected chi connectivity index (χ2v) is 6.69. The van der Waals surface area contributed by atoms with Gasteiger partial charge in [-0.2, -0.15) is 0 Å². The minimum absolute atomic E-state index is 0.000558. The molecule has 2 rings (SSSR count). The Hall–Kier alpha value is -2.84. The van der Waals surface area contributed by atoms with Gasteiger partial charge in [0.15, 0.2) is 5.76 Å². The fraction of sp³-hybridized carbons (Fsp3) is 0.263. The van der Waals surface area contributed by atoms with Crippen LogP contribution in [0, 0.1) is 0 Å². The van der Waals surface area contributed by atoms with Crippen LogP contribution in [0.2, 0.25) is 10.0 Å². The summed E-state index contributed by atoms with van der Waals surface area (Å²) in [4.78, 5) is 38.7. The standard InChI is InChI=1S/C19H18Cl2N2O6/c1-5-28-19(26)16(24)10(9-23(2)3)17-14(18(25)27-4)15(22-29-17)13-11(20)7-6-8-12(13)21/h6-9H,5H2,1-4H3. The highest BCUT2D eigenvalue weighted by Gasteiger charge is 2.34. The zero-order chi connectivity index (χ0) is 21.7. The Morgan fingerprint density at radius 2 is 1.83 bits per heavy atom. The Kier molecular flexibility index (Phi) is 7.41. The maximum Gasteiger partial charge on any atom is 0.379 e. The molecule has 0 radical (unpaired) electrons. The van der Waals surface area contributed by atoms with Crippen molar-refractivity contribution in [1.29, 1.82) is 0 Å². The summed E-state index contributed by atoms with van der Waals surface area (Å²) in [6.07, 6.45) is 1.31. The van der Waals surface area contributed by atoms with E-state index in [2.05, 4.69) is 5.16 Å². The molecular formula is C19H18Cl2N2O6. The molecule has 0 spiro atoms. The maximum atomic E-state index is 12.7. The summed E-state index contributed by atoms with van der Waals surface area (Å²) in [5.41, 5.74) is -0.244. The summed E-state index contributed by atoms with van der Waals surface area (Å²) >= 11 is 12.5. The fourth-order valence-corrected chi connectivity index (χ4v) is 3.02. The van der Waals surface area contributed by atoms with Gasteiger partial charge in [0.2, 0.25) is 0 Å². The molecule has 0 atom stereocenters. The van der Waals surface area contributed by atoms with E-state index in [9.17, 15) is 14.4 Å². The van der Waals surface area contributed by atoms with Gasteiger partial charge in [0.25, 0.3) is 5.78 Å². The van der Waals surface area contributed by atoms with Crippen LogP contribution in [0.5, 0.6) is 0 Å². The molecule has 0 bridgehead atoms. The van der Waals surface area contributed by atoms with Crippen molar-refractivity contribution in [3.8, 4) is 11.3 Å². The quantitative estimate of drug-likeness (QED) is 0.366. The first kappa shape index (κ1) is 22.4. The Balaban J connectivity index is 2.77. The monoisotopic (exact) mass is 440 g/mol. The van der Waals surface area contributed by atoms with Gasteiger partial charge in [0, 0.05) is 25.9 Å². The van der Waals surface area contributed by atoms with Crippen LogP contribution in [0.3, 0.4) is 0 Å².